The van der Waals surface area contributed by atoms with E-state index in [0.29, 0.717) is 0 Å². The fraction of sp³-hybridized carbons (Fsp3) is 0.667. The molecule has 1 saturated heterocycles. The predicted octanol–water partition coefficient (Wildman–Crippen LogP) is 1.17. The minimum atomic E-state index is 0.0219. The number of halogens is 1. The van der Waals surface area contributed by atoms with Gasteiger partial charge >= 0.3 is 0 Å². The topological polar surface area (TPSA) is 49.6 Å². The monoisotopic (exact) mass is 271 g/mol. The van der Waals surface area contributed by atoms with Crippen molar-refractivity contribution in [1.82, 2.24) is 15.0 Å². The predicted molar refractivity (Wildman–Crippen MR) is 68.6 cm³/mol. The van der Waals surface area contributed by atoms with Crippen molar-refractivity contribution in [1.29, 1.82) is 0 Å². The van der Waals surface area contributed by atoms with Crippen LogP contribution in [0.15, 0.2) is 4.52 Å². The third-order valence-corrected chi connectivity index (χ3v) is 3.63. The zero-order chi connectivity index (χ0) is 13.1. The average Bonchev–Trinajstić information content (AvgIpc) is 2.70. The van der Waals surface area contributed by atoms with Crippen LogP contribution in [-0.2, 0) is 11.3 Å². The molecule has 0 N–H and O–H groups in total. The second-order valence-corrected chi connectivity index (χ2v) is 4.86. The van der Waals surface area contributed by atoms with Gasteiger partial charge in [0.1, 0.15) is 11.6 Å². The van der Waals surface area contributed by atoms with E-state index in [-0.39, 0.29) is 11.8 Å². The van der Waals surface area contributed by atoms with Crippen LogP contribution >= 0.6 is 11.6 Å². The molecular formula is C12H18ClN3O2. The lowest BCUT2D eigenvalue weighted by Crippen LogP contribution is -2.48. The van der Waals surface area contributed by atoms with E-state index in [1.165, 1.54) is 0 Å². The Bertz CT molecular complexity index is 405. The molecule has 0 bridgehead atoms. The Morgan fingerprint density at radius 3 is 2.50 bits per heavy atom. The van der Waals surface area contributed by atoms with Crippen LogP contribution < -0.4 is 0 Å². The Morgan fingerprint density at radius 1 is 1.33 bits per heavy atom. The summed E-state index contributed by atoms with van der Waals surface area (Å²) < 4.78 is 5.15. The van der Waals surface area contributed by atoms with Crippen molar-refractivity contribution in [2.24, 2.45) is 0 Å². The number of carbonyl (C=O) groups excluding carboxylic acids is 1. The van der Waals surface area contributed by atoms with Crippen LogP contribution in [0.3, 0.4) is 0 Å². The maximum absolute atomic E-state index is 11.4. The molecule has 0 saturated carbocycles. The number of hydrogen-bond donors (Lipinski definition) is 0. The van der Waals surface area contributed by atoms with Crippen molar-refractivity contribution in [3.63, 3.8) is 0 Å². The molecule has 1 aliphatic heterocycles. The molecule has 6 heteroatoms. The van der Waals surface area contributed by atoms with E-state index in [2.05, 4.69) is 10.1 Å². The first-order valence-electron chi connectivity index (χ1n) is 6.09. The van der Waals surface area contributed by atoms with Crippen molar-refractivity contribution in [2.45, 2.75) is 20.4 Å². The van der Waals surface area contributed by atoms with E-state index in [1.807, 2.05) is 18.7 Å². The summed E-state index contributed by atoms with van der Waals surface area (Å²) in [6.07, 6.45) is 0. The number of aryl methyl sites for hydroxylation is 2. The smallest absolute Gasteiger partial charge is 0.237 e. The van der Waals surface area contributed by atoms with E-state index < -0.39 is 0 Å². The Hall–Kier alpha value is -1.07. The molecule has 0 spiro atoms. The van der Waals surface area contributed by atoms with Gasteiger partial charge in [-0.1, -0.05) is 5.16 Å². The van der Waals surface area contributed by atoms with Gasteiger partial charge in [-0.25, -0.2) is 0 Å². The summed E-state index contributed by atoms with van der Waals surface area (Å²) >= 11 is 5.55. The second kappa shape index (κ2) is 5.71. The quantitative estimate of drug-likeness (QED) is 0.775. The normalized spacial score (nSPS) is 17.2. The number of rotatable bonds is 3. The van der Waals surface area contributed by atoms with E-state index in [0.717, 1.165) is 49.7 Å². The molecular weight excluding hydrogens is 254 g/mol. The molecule has 18 heavy (non-hydrogen) atoms. The maximum atomic E-state index is 11.4. The third-order valence-electron chi connectivity index (χ3n) is 3.40. The fourth-order valence-electron chi connectivity index (χ4n) is 2.19. The van der Waals surface area contributed by atoms with Gasteiger partial charge < -0.3 is 9.42 Å². The average molecular weight is 272 g/mol. The lowest BCUT2D eigenvalue weighted by molar-refractivity contribution is -0.130. The molecule has 2 heterocycles. The minimum absolute atomic E-state index is 0.0219. The van der Waals surface area contributed by atoms with Crippen LogP contribution in [-0.4, -0.2) is 52.9 Å². The number of amides is 1. The van der Waals surface area contributed by atoms with Crippen LogP contribution in [0.2, 0.25) is 0 Å². The molecule has 1 aromatic rings. The van der Waals surface area contributed by atoms with Crippen molar-refractivity contribution in [3.05, 3.63) is 17.0 Å². The van der Waals surface area contributed by atoms with Gasteiger partial charge in [0.15, 0.2) is 0 Å². The van der Waals surface area contributed by atoms with Gasteiger partial charge in [-0.3, -0.25) is 9.69 Å². The third kappa shape index (κ3) is 2.84. The summed E-state index contributed by atoms with van der Waals surface area (Å²) in [7, 11) is 0. The molecule has 0 radical (unpaired) electrons. The van der Waals surface area contributed by atoms with E-state index in [9.17, 15) is 4.79 Å². The van der Waals surface area contributed by atoms with Gasteiger partial charge in [0.2, 0.25) is 5.91 Å². The molecule has 100 valence electrons. The summed E-state index contributed by atoms with van der Waals surface area (Å²) in [4.78, 5) is 15.6. The summed E-state index contributed by atoms with van der Waals surface area (Å²) in [5.74, 6) is 0.976. The van der Waals surface area contributed by atoms with E-state index in [4.69, 9.17) is 16.1 Å². The fourth-order valence-corrected chi connectivity index (χ4v) is 2.36. The summed E-state index contributed by atoms with van der Waals surface area (Å²) in [5.41, 5.74) is 2.11. The lowest BCUT2D eigenvalue weighted by Gasteiger charge is -2.34. The molecule has 1 fully saturated rings. The molecule has 0 aromatic carbocycles. The highest BCUT2D eigenvalue weighted by atomic mass is 35.5. The van der Waals surface area contributed by atoms with E-state index in [1.54, 1.807) is 0 Å². The van der Waals surface area contributed by atoms with Gasteiger partial charge in [0, 0.05) is 38.3 Å². The molecule has 5 nitrogen and oxygen atoms in total. The molecule has 0 aliphatic carbocycles. The Kier molecular flexibility index (Phi) is 4.24. The molecule has 0 unspecified atom stereocenters. The van der Waals surface area contributed by atoms with Gasteiger partial charge in [-0.05, 0) is 13.8 Å². The Morgan fingerprint density at radius 2 is 2.00 bits per heavy atom. The number of hydrogen-bond acceptors (Lipinski definition) is 4. The molecule has 0 atom stereocenters. The Balaban J connectivity index is 1.89. The highest BCUT2D eigenvalue weighted by Crippen LogP contribution is 2.16. The maximum Gasteiger partial charge on any atom is 0.237 e. The van der Waals surface area contributed by atoms with Gasteiger partial charge in [-0.15, -0.1) is 11.6 Å². The number of alkyl halides is 1. The van der Waals surface area contributed by atoms with Crippen molar-refractivity contribution >= 4 is 17.5 Å². The van der Waals surface area contributed by atoms with Crippen molar-refractivity contribution in [3.8, 4) is 0 Å². The van der Waals surface area contributed by atoms with Crippen LogP contribution in [0.5, 0.6) is 0 Å². The zero-order valence-corrected chi connectivity index (χ0v) is 11.5. The molecule has 2 rings (SSSR count). The molecule has 1 aromatic heterocycles. The van der Waals surface area contributed by atoms with Gasteiger partial charge in [0.25, 0.3) is 0 Å². The molecule has 1 amide bonds. The van der Waals surface area contributed by atoms with E-state index >= 15 is 0 Å². The number of aromatic nitrogens is 1. The number of nitrogens with zero attached hydrogens (tertiary/aromatic N) is 3. The standard InChI is InChI=1S/C12H18ClN3O2/c1-9-11(10(2)18-14-9)8-15-3-5-16(6-4-15)12(17)7-13/h3-8H2,1-2H3. The van der Waals surface area contributed by atoms with Crippen LogP contribution in [0.4, 0.5) is 0 Å². The van der Waals surface area contributed by atoms with Crippen LogP contribution in [0, 0.1) is 13.8 Å². The zero-order valence-electron chi connectivity index (χ0n) is 10.8. The van der Waals surface area contributed by atoms with Crippen LogP contribution in [0.25, 0.3) is 0 Å². The summed E-state index contributed by atoms with van der Waals surface area (Å²) in [6.45, 7) is 7.95. The first-order valence-corrected chi connectivity index (χ1v) is 6.63. The first-order chi connectivity index (χ1) is 8.61. The van der Waals surface area contributed by atoms with Crippen molar-refractivity contribution in [2.75, 3.05) is 32.1 Å². The largest absolute Gasteiger partial charge is 0.361 e. The highest BCUT2D eigenvalue weighted by Gasteiger charge is 2.22. The Labute approximate surface area is 112 Å². The first kappa shape index (κ1) is 13.4. The lowest BCUT2D eigenvalue weighted by atomic mass is 10.2. The van der Waals surface area contributed by atoms with Crippen molar-refractivity contribution < 1.29 is 9.32 Å². The number of carbonyl (C=O) groups is 1. The summed E-state index contributed by atoms with van der Waals surface area (Å²) in [5, 5.41) is 3.95. The second-order valence-electron chi connectivity index (χ2n) is 4.59. The van der Waals surface area contributed by atoms with Crippen LogP contribution in [0.1, 0.15) is 17.0 Å². The highest BCUT2D eigenvalue weighted by molar-refractivity contribution is 6.27. The van der Waals surface area contributed by atoms with Gasteiger partial charge in [0.05, 0.1) is 5.69 Å². The van der Waals surface area contributed by atoms with Gasteiger partial charge in [-0.2, -0.15) is 0 Å². The summed E-state index contributed by atoms with van der Waals surface area (Å²) in [6, 6.07) is 0. The number of piperazine rings is 1. The molecule has 1 aliphatic rings. The minimum Gasteiger partial charge on any atom is -0.361 e. The SMILES string of the molecule is Cc1noc(C)c1CN1CCN(C(=O)CCl)CC1.